The van der Waals surface area contributed by atoms with E-state index in [1.165, 1.54) is 19.3 Å². The van der Waals surface area contributed by atoms with Crippen LogP contribution in [0, 0.1) is 23.7 Å². The molecule has 0 amide bonds. The molecule has 2 fully saturated rings. The second-order valence-electron chi connectivity index (χ2n) is 5.40. The summed E-state index contributed by atoms with van der Waals surface area (Å²) in [5.74, 6) is 4.00. The Bertz CT molecular complexity index is 230. The predicted octanol–water partition coefficient (Wildman–Crippen LogP) is 4.02. The first-order chi connectivity index (χ1) is 6.11. The molecule has 13 heavy (non-hydrogen) atoms. The molecule has 0 aromatic heterocycles. The maximum absolute atomic E-state index is 2.47. The highest BCUT2D eigenvalue weighted by atomic mass is 14.5. The van der Waals surface area contributed by atoms with Crippen LogP contribution in [-0.4, -0.2) is 0 Å². The van der Waals surface area contributed by atoms with Gasteiger partial charge in [-0.1, -0.05) is 18.1 Å². The highest BCUT2D eigenvalue weighted by molar-refractivity contribution is 5.17. The summed E-state index contributed by atoms with van der Waals surface area (Å²) in [5.41, 5.74) is 3.25. The van der Waals surface area contributed by atoms with E-state index in [1.54, 1.807) is 11.1 Å². The van der Waals surface area contributed by atoms with Gasteiger partial charge < -0.3 is 0 Å². The Kier molecular flexibility index (Phi) is 2.25. The minimum absolute atomic E-state index is 0.934. The van der Waals surface area contributed by atoms with E-state index in [0.717, 1.165) is 23.7 Å². The van der Waals surface area contributed by atoms with Crippen molar-refractivity contribution in [3.05, 3.63) is 11.1 Å². The van der Waals surface area contributed by atoms with Gasteiger partial charge in [-0.3, -0.25) is 0 Å². The van der Waals surface area contributed by atoms with Gasteiger partial charge in [0, 0.05) is 0 Å². The first kappa shape index (κ1) is 9.30. The summed E-state index contributed by atoms with van der Waals surface area (Å²) < 4.78 is 0. The van der Waals surface area contributed by atoms with Gasteiger partial charge in [0.2, 0.25) is 0 Å². The van der Waals surface area contributed by atoms with Crippen molar-refractivity contribution in [3.8, 4) is 0 Å². The number of hydrogen-bond acceptors (Lipinski definition) is 0. The zero-order chi connectivity index (χ0) is 9.59. The fourth-order valence-electron chi connectivity index (χ4n) is 3.66. The summed E-state index contributed by atoms with van der Waals surface area (Å²) in [6, 6.07) is 0. The highest BCUT2D eigenvalue weighted by Crippen LogP contribution is 2.54. The summed E-state index contributed by atoms with van der Waals surface area (Å²) in [6.45, 7) is 9.38. The summed E-state index contributed by atoms with van der Waals surface area (Å²) in [4.78, 5) is 0. The van der Waals surface area contributed by atoms with Crippen LogP contribution in [0.1, 0.15) is 47.0 Å². The van der Waals surface area contributed by atoms with Crippen LogP contribution in [0.2, 0.25) is 0 Å². The van der Waals surface area contributed by atoms with E-state index in [1.807, 2.05) is 0 Å². The molecule has 4 atom stereocenters. The molecule has 74 valence electrons. The van der Waals surface area contributed by atoms with Gasteiger partial charge in [0.15, 0.2) is 0 Å². The minimum atomic E-state index is 0.934. The standard InChI is InChI=1S/C13H22/c1-8(2)9(3)13-10(4)11-5-6-12(13)7-11/h10-13H,5-7H2,1-4H3. The van der Waals surface area contributed by atoms with Crippen LogP contribution in [0.25, 0.3) is 0 Å². The molecule has 0 spiro atoms. The molecule has 0 nitrogen and oxygen atoms in total. The average Bonchev–Trinajstić information content (AvgIpc) is 2.62. The summed E-state index contributed by atoms with van der Waals surface area (Å²) in [7, 11) is 0. The van der Waals surface area contributed by atoms with E-state index in [2.05, 4.69) is 27.7 Å². The molecule has 0 heterocycles. The summed E-state index contributed by atoms with van der Waals surface area (Å²) in [6.07, 6.45) is 4.54. The number of allylic oxidation sites excluding steroid dienone is 2. The zero-order valence-electron chi connectivity index (χ0n) is 9.43. The average molecular weight is 178 g/mol. The van der Waals surface area contributed by atoms with Gasteiger partial charge in [-0.2, -0.15) is 0 Å². The van der Waals surface area contributed by atoms with E-state index in [4.69, 9.17) is 0 Å². The first-order valence-corrected chi connectivity index (χ1v) is 5.75. The molecule has 2 saturated carbocycles. The van der Waals surface area contributed by atoms with E-state index >= 15 is 0 Å². The monoisotopic (exact) mass is 178 g/mol. The molecule has 2 aliphatic rings. The van der Waals surface area contributed by atoms with Crippen molar-refractivity contribution in [2.24, 2.45) is 23.7 Å². The van der Waals surface area contributed by atoms with Crippen LogP contribution < -0.4 is 0 Å². The van der Waals surface area contributed by atoms with Gasteiger partial charge in [0.05, 0.1) is 0 Å². The smallest absolute Gasteiger partial charge is 0.0147 e. The third-order valence-corrected chi connectivity index (χ3v) is 4.62. The molecule has 4 unspecified atom stereocenters. The molecule has 0 aromatic rings. The maximum atomic E-state index is 2.47. The molecular formula is C13H22. The van der Waals surface area contributed by atoms with E-state index in [-0.39, 0.29) is 0 Å². The van der Waals surface area contributed by atoms with Gasteiger partial charge >= 0.3 is 0 Å². The van der Waals surface area contributed by atoms with E-state index in [9.17, 15) is 0 Å². The lowest BCUT2D eigenvalue weighted by Gasteiger charge is -2.30. The Labute approximate surface area is 82.4 Å². The van der Waals surface area contributed by atoms with Gasteiger partial charge in [-0.05, 0) is 63.7 Å². The fraction of sp³-hybridized carbons (Fsp3) is 0.846. The highest BCUT2D eigenvalue weighted by Gasteiger charge is 2.45. The molecule has 0 radical (unpaired) electrons. The van der Waals surface area contributed by atoms with E-state index in [0.29, 0.717) is 0 Å². The maximum Gasteiger partial charge on any atom is -0.0147 e. The van der Waals surface area contributed by atoms with Crippen LogP contribution in [0.15, 0.2) is 11.1 Å². The topological polar surface area (TPSA) is 0 Å². The third kappa shape index (κ3) is 1.35. The lowest BCUT2D eigenvalue weighted by molar-refractivity contribution is 0.274. The molecule has 0 aromatic carbocycles. The SMILES string of the molecule is CC(C)=C(C)C1C2CCC(C2)C1C. The largest absolute Gasteiger partial charge is 0.0772 e. The second kappa shape index (κ2) is 3.15. The number of hydrogen-bond donors (Lipinski definition) is 0. The molecule has 0 saturated heterocycles. The van der Waals surface area contributed by atoms with Crippen molar-refractivity contribution in [2.75, 3.05) is 0 Å². The van der Waals surface area contributed by atoms with Gasteiger partial charge in [0.1, 0.15) is 0 Å². The van der Waals surface area contributed by atoms with Crippen molar-refractivity contribution in [2.45, 2.75) is 47.0 Å². The van der Waals surface area contributed by atoms with Crippen LogP contribution in [0.5, 0.6) is 0 Å². The Morgan fingerprint density at radius 3 is 2.08 bits per heavy atom. The summed E-state index contributed by atoms with van der Waals surface area (Å²) in [5, 5.41) is 0. The van der Waals surface area contributed by atoms with Crippen molar-refractivity contribution < 1.29 is 0 Å². The predicted molar refractivity (Wildman–Crippen MR) is 57.5 cm³/mol. The molecule has 0 N–H and O–H groups in total. The Hall–Kier alpha value is -0.260. The lowest BCUT2D eigenvalue weighted by atomic mass is 9.75. The van der Waals surface area contributed by atoms with Crippen molar-refractivity contribution in [3.63, 3.8) is 0 Å². The van der Waals surface area contributed by atoms with Gasteiger partial charge in [0.25, 0.3) is 0 Å². The van der Waals surface area contributed by atoms with Crippen LogP contribution in [-0.2, 0) is 0 Å². The molecule has 2 bridgehead atoms. The van der Waals surface area contributed by atoms with Crippen molar-refractivity contribution in [1.29, 1.82) is 0 Å². The molecular weight excluding hydrogens is 156 g/mol. The van der Waals surface area contributed by atoms with E-state index < -0.39 is 0 Å². The molecule has 2 rings (SSSR count). The number of rotatable bonds is 1. The summed E-state index contributed by atoms with van der Waals surface area (Å²) >= 11 is 0. The Morgan fingerprint density at radius 2 is 1.62 bits per heavy atom. The normalized spacial score (nSPS) is 42.5. The number of fused-ring (bicyclic) bond motifs is 2. The zero-order valence-corrected chi connectivity index (χ0v) is 9.43. The molecule has 0 heteroatoms. The van der Waals surface area contributed by atoms with Crippen LogP contribution in [0.4, 0.5) is 0 Å². The molecule has 2 aliphatic carbocycles. The third-order valence-electron chi connectivity index (χ3n) is 4.62. The van der Waals surface area contributed by atoms with Crippen molar-refractivity contribution >= 4 is 0 Å². The Morgan fingerprint density at radius 1 is 1.00 bits per heavy atom. The second-order valence-corrected chi connectivity index (χ2v) is 5.40. The lowest BCUT2D eigenvalue weighted by Crippen LogP contribution is -2.21. The van der Waals surface area contributed by atoms with Gasteiger partial charge in [-0.15, -0.1) is 0 Å². The quantitative estimate of drug-likeness (QED) is 0.532. The minimum Gasteiger partial charge on any atom is -0.0772 e. The first-order valence-electron chi connectivity index (χ1n) is 5.75. The van der Waals surface area contributed by atoms with Gasteiger partial charge in [-0.25, -0.2) is 0 Å². The molecule has 0 aliphatic heterocycles. The van der Waals surface area contributed by atoms with Crippen LogP contribution >= 0.6 is 0 Å². The fourth-order valence-corrected chi connectivity index (χ4v) is 3.66. The Balaban J connectivity index is 2.21. The van der Waals surface area contributed by atoms with Crippen molar-refractivity contribution in [1.82, 2.24) is 0 Å². The van der Waals surface area contributed by atoms with Crippen LogP contribution in [0.3, 0.4) is 0 Å².